The molecule has 1 aromatic rings. The monoisotopic (exact) mass is 220 g/mol. The summed E-state index contributed by atoms with van der Waals surface area (Å²) in [5.74, 6) is 1.57. The van der Waals surface area contributed by atoms with Gasteiger partial charge in [0, 0.05) is 13.1 Å². The van der Waals surface area contributed by atoms with Gasteiger partial charge in [-0.05, 0) is 43.9 Å². The lowest BCUT2D eigenvalue weighted by Gasteiger charge is -2.29. The highest BCUT2D eigenvalue weighted by atomic mass is 15.3. The number of aryl methyl sites for hydroxylation is 1. The fourth-order valence-electron chi connectivity index (χ4n) is 2.59. The van der Waals surface area contributed by atoms with Crippen LogP contribution in [0, 0.1) is 12.8 Å². The second-order valence-electron chi connectivity index (χ2n) is 4.70. The van der Waals surface area contributed by atoms with Crippen molar-refractivity contribution < 1.29 is 0 Å². The molecule has 1 aliphatic carbocycles. The lowest BCUT2D eigenvalue weighted by atomic mass is 10.0. The van der Waals surface area contributed by atoms with Gasteiger partial charge in [-0.25, -0.2) is 0 Å². The maximum absolute atomic E-state index is 5.81. The average molecular weight is 220 g/mol. The molecule has 2 N–H and O–H groups in total. The van der Waals surface area contributed by atoms with Crippen LogP contribution in [-0.2, 0) is 0 Å². The average Bonchev–Trinajstić information content (AvgIpc) is 2.76. The molecule has 0 aromatic carbocycles. The molecule has 4 heteroatoms. The van der Waals surface area contributed by atoms with Crippen LogP contribution in [-0.4, -0.2) is 29.8 Å². The second-order valence-corrected chi connectivity index (χ2v) is 4.70. The molecule has 2 unspecified atom stereocenters. The minimum Gasteiger partial charge on any atom is -0.355 e. The summed E-state index contributed by atoms with van der Waals surface area (Å²) in [4.78, 5) is 2.24. The number of anilines is 1. The van der Waals surface area contributed by atoms with Crippen LogP contribution in [0.5, 0.6) is 0 Å². The molecule has 0 saturated heterocycles. The number of hydrogen-bond acceptors (Lipinski definition) is 4. The fraction of sp³-hybridized carbons (Fsp3) is 0.667. The number of rotatable bonds is 3. The molecule has 16 heavy (non-hydrogen) atoms. The Morgan fingerprint density at radius 3 is 3.00 bits per heavy atom. The van der Waals surface area contributed by atoms with Crippen LogP contribution in [0.15, 0.2) is 12.3 Å². The van der Waals surface area contributed by atoms with E-state index in [9.17, 15) is 0 Å². The van der Waals surface area contributed by atoms with E-state index < -0.39 is 0 Å². The van der Waals surface area contributed by atoms with E-state index in [0.29, 0.717) is 12.0 Å². The predicted octanol–water partition coefficient (Wildman–Crippen LogP) is 1.35. The fourth-order valence-corrected chi connectivity index (χ4v) is 2.59. The van der Waals surface area contributed by atoms with Crippen LogP contribution in [0.2, 0.25) is 0 Å². The van der Waals surface area contributed by atoms with Crippen LogP contribution in [0.3, 0.4) is 0 Å². The highest BCUT2D eigenvalue weighted by Crippen LogP contribution is 2.30. The third-order valence-corrected chi connectivity index (χ3v) is 3.56. The van der Waals surface area contributed by atoms with Crippen molar-refractivity contribution in [2.24, 2.45) is 11.7 Å². The van der Waals surface area contributed by atoms with E-state index in [4.69, 9.17) is 5.73 Å². The van der Waals surface area contributed by atoms with Gasteiger partial charge in [0.2, 0.25) is 0 Å². The van der Waals surface area contributed by atoms with Gasteiger partial charge >= 0.3 is 0 Å². The first kappa shape index (κ1) is 11.3. The summed E-state index contributed by atoms with van der Waals surface area (Å²) in [5.41, 5.74) is 6.96. The zero-order valence-corrected chi connectivity index (χ0v) is 10.1. The molecule has 1 aliphatic rings. The molecular formula is C12H20N4. The summed E-state index contributed by atoms with van der Waals surface area (Å²) in [6, 6.07) is 2.61. The van der Waals surface area contributed by atoms with Gasteiger partial charge in [0.25, 0.3) is 0 Å². The molecule has 88 valence electrons. The molecule has 0 amide bonds. The van der Waals surface area contributed by atoms with Crippen molar-refractivity contribution in [1.29, 1.82) is 0 Å². The first-order chi connectivity index (χ1) is 7.72. The van der Waals surface area contributed by atoms with Crippen molar-refractivity contribution in [3.05, 3.63) is 17.8 Å². The quantitative estimate of drug-likeness (QED) is 0.835. The summed E-state index contributed by atoms with van der Waals surface area (Å²) in [5, 5.41) is 8.19. The van der Waals surface area contributed by atoms with Crippen LogP contribution in [0.25, 0.3) is 0 Å². The number of nitrogens with two attached hydrogens (primary N) is 1. The van der Waals surface area contributed by atoms with Gasteiger partial charge < -0.3 is 10.6 Å². The molecule has 0 bridgehead atoms. The topological polar surface area (TPSA) is 55.0 Å². The molecule has 0 radical (unpaired) electrons. The number of hydrogen-bond donors (Lipinski definition) is 1. The first-order valence-electron chi connectivity index (χ1n) is 5.94. The normalized spacial score (nSPS) is 24.7. The summed E-state index contributed by atoms with van der Waals surface area (Å²) >= 11 is 0. The molecule has 1 saturated carbocycles. The van der Waals surface area contributed by atoms with Gasteiger partial charge in [-0.15, -0.1) is 5.10 Å². The Hall–Kier alpha value is -1.16. The van der Waals surface area contributed by atoms with Gasteiger partial charge in [-0.2, -0.15) is 5.10 Å². The Balaban J connectivity index is 2.15. The molecule has 4 nitrogen and oxygen atoms in total. The van der Waals surface area contributed by atoms with E-state index in [1.807, 2.05) is 6.92 Å². The van der Waals surface area contributed by atoms with E-state index in [0.717, 1.165) is 17.9 Å². The zero-order valence-electron chi connectivity index (χ0n) is 10.1. The predicted molar refractivity (Wildman–Crippen MR) is 65.4 cm³/mol. The van der Waals surface area contributed by atoms with Gasteiger partial charge in [-0.1, -0.05) is 6.42 Å². The van der Waals surface area contributed by atoms with Crippen LogP contribution >= 0.6 is 0 Å². The van der Waals surface area contributed by atoms with Crippen LogP contribution in [0.4, 0.5) is 5.82 Å². The first-order valence-corrected chi connectivity index (χ1v) is 5.94. The maximum Gasteiger partial charge on any atom is 0.151 e. The van der Waals surface area contributed by atoms with Gasteiger partial charge in [0.15, 0.2) is 5.82 Å². The van der Waals surface area contributed by atoms with Crippen molar-refractivity contribution in [2.75, 3.05) is 18.5 Å². The molecule has 0 spiro atoms. The summed E-state index contributed by atoms with van der Waals surface area (Å²) < 4.78 is 0. The van der Waals surface area contributed by atoms with Gasteiger partial charge in [-0.3, -0.25) is 0 Å². The standard InChI is InChI=1S/C12H20N4/c1-9-6-12(15-14-8-9)16(2)11-5-3-4-10(11)7-13/h6,8,10-11H,3-5,7,13H2,1-2H3. The van der Waals surface area contributed by atoms with E-state index in [1.54, 1.807) is 6.20 Å². The summed E-state index contributed by atoms with van der Waals surface area (Å²) in [7, 11) is 2.10. The zero-order chi connectivity index (χ0) is 11.5. The Labute approximate surface area is 96.9 Å². The molecule has 1 heterocycles. The lowest BCUT2D eigenvalue weighted by Crippen LogP contribution is -2.38. The molecule has 2 rings (SSSR count). The minimum atomic E-state index is 0.529. The van der Waals surface area contributed by atoms with E-state index in [-0.39, 0.29) is 0 Å². The minimum absolute atomic E-state index is 0.529. The van der Waals surface area contributed by atoms with Crippen molar-refractivity contribution >= 4 is 5.82 Å². The Morgan fingerprint density at radius 1 is 1.50 bits per heavy atom. The number of nitrogens with zero attached hydrogens (tertiary/aromatic N) is 3. The lowest BCUT2D eigenvalue weighted by molar-refractivity contribution is 0.471. The van der Waals surface area contributed by atoms with Crippen molar-refractivity contribution in [2.45, 2.75) is 32.2 Å². The van der Waals surface area contributed by atoms with E-state index in [2.05, 4.69) is 28.2 Å². The third-order valence-electron chi connectivity index (χ3n) is 3.56. The highest BCUT2D eigenvalue weighted by Gasteiger charge is 2.30. The Morgan fingerprint density at radius 2 is 2.31 bits per heavy atom. The van der Waals surface area contributed by atoms with Crippen molar-refractivity contribution in [3.63, 3.8) is 0 Å². The van der Waals surface area contributed by atoms with E-state index in [1.165, 1.54) is 19.3 Å². The summed E-state index contributed by atoms with van der Waals surface area (Å²) in [6.45, 7) is 2.81. The second kappa shape index (κ2) is 4.78. The van der Waals surface area contributed by atoms with Gasteiger partial charge in [0.05, 0.1) is 6.20 Å². The van der Waals surface area contributed by atoms with Crippen LogP contribution in [0.1, 0.15) is 24.8 Å². The smallest absolute Gasteiger partial charge is 0.151 e. The van der Waals surface area contributed by atoms with Crippen molar-refractivity contribution in [3.8, 4) is 0 Å². The third kappa shape index (κ3) is 2.16. The Kier molecular flexibility index (Phi) is 3.39. The highest BCUT2D eigenvalue weighted by molar-refractivity contribution is 5.39. The SMILES string of the molecule is Cc1cnnc(N(C)C2CCCC2CN)c1. The molecule has 2 atom stereocenters. The maximum atomic E-state index is 5.81. The molecule has 1 aromatic heterocycles. The molecule has 0 aliphatic heterocycles. The van der Waals surface area contributed by atoms with Gasteiger partial charge in [0.1, 0.15) is 0 Å². The van der Waals surface area contributed by atoms with Crippen LogP contribution < -0.4 is 10.6 Å². The molecule has 1 fully saturated rings. The van der Waals surface area contributed by atoms with Crippen molar-refractivity contribution in [1.82, 2.24) is 10.2 Å². The largest absolute Gasteiger partial charge is 0.355 e. The number of aromatic nitrogens is 2. The summed E-state index contributed by atoms with van der Waals surface area (Å²) in [6.07, 6.45) is 5.52. The molecular weight excluding hydrogens is 200 g/mol. The Bertz CT molecular complexity index is 353. The van der Waals surface area contributed by atoms with E-state index >= 15 is 0 Å².